The number of halogens is 3. The highest BCUT2D eigenvalue weighted by molar-refractivity contribution is 6.29. The molecular formula is C15H18ClF2N5O. The summed E-state index contributed by atoms with van der Waals surface area (Å²) in [6.07, 6.45) is 1.40. The minimum absolute atomic E-state index is 0.0749. The lowest BCUT2D eigenvalue weighted by Gasteiger charge is -2.29. The van der Waals surface area contributed by atoms with Gasteiger partial charge < -0.3 is 10.4 Å². The predicted molar refractivity (Wildman–Crippen MR) is 85.6 cm³/mol. The quantitative estimate of drug-likeness (QED) is 0.820. The predicted octanol–water partition coefficient (Wildman–Crippen LogP) is 3.36. The van der Waals surface area contributed by atoms with Gasteiger partial charge in [-0.05, 0) is 25.8 Å². The summed E-state index contributed by atoms with van der Waals surface area (Å²) in [5.41, 5.74) is 0.489. The average Bonchev–Trinajstić information content (AvgIpc) is 2.99. The van der Waals surface area contributed by atoms with Crippen LogP contribution in [-0.4, -0.2) is 36.8 Å². The van der Waals surface area contributed by atoms with E-state index >= 15 is 0 Å². The van der Waals surface area contributed by atoms with Crippen LogP contribution in [0.25, 0.3) is 5.95 Å². The molecule has 1 aliphatic carbocycles. The lowest BCUT2D eigenvalue weighted by Crippen LogP contribution is -2.32. The molecule has 1 atom stereocenters. The zero-order chi connectivity index (χ0) is 17.3. The van der Waals surface area contributed by atoms with Crippen molar-refractivity contribution in [1.29, 1.82) is 0 Å². The second-order valence-corrected chi connectivity index (χ2v) is 6.40. The van der Waals surface area contributed by atoms with Crippen molar-refractivity contribution in [2.75, 3.05) is 5.32 Å². The number of aliphatic hydroxyl groups excluding tert-OH is 1. The smallest absolute Gasteiger partial charge is 0.253 e. The summed E-state index contributed by atoms with van der Waals surface area (Å²) in [5.74, 6) is -1.86. The monoisotopic (exact) mass is 357 g/mol. The molecule has 2 aromatic rings. The fourth-order valence-corrected chi connectivity index (χ4v) is 2.83. The van der Waals surface area contributed by atoms with Crippen molar-refractivity contribution in [1.82, 2.24) is 19.7 Å². The van der Waals surface area contributed by atoms with Crippen LogP contribution < -0.4 is 5.32 Å². The third-order valence-corrected chi connectivity index (χ3v) is 4.19. The minimum atomic E-state index is -2.57. The number of aliphatic hydroxyl groups is 1. The van der Waals surface area contributed by atoms with Gasteiger partial charge in [0, 0.05) is 31.1 Å². The number of hydrogen-bond donors (Lipinski definition) is 2. The third kappa shape index (κ3) is 3.99. The van der Waals surface area contributed by atoms with Crippen LogP contribution in [0.5, 0.6) is 0 Å². The molecule has 0 aromatic carbocycles. The molecule has 1 aliphatic rings. The van der Waals surface area contributed by atoms with E-state index in [1.165, 1.54) is 4.68 Å². The minimum Gasteiger partial charge on any atom is -0.387 e. The van der Waals surface area contributed by atoms with Gasteiger partial charge in [-0.2, -0.15) is 15.1 Å². The van der Waals surface area contributed by atoms with Crippen LogP contribution in [0.3, 0.4) is 0 Å². The number of nitrogens with one attached hydrogen (secondary N) is 1. The molecule has 0 saturated heterocycles. The SMILES string of the molecule is CC(O)c1ccn(-c2nc(Cl)cc(NC3CCC(F)(F)CC3)n2)n1. The van der Waals surface area contributed by atoms with Crippen LogP contribution in [0, 0.1) is 0 Å². The molecule has 0 amide bonds. The molecule has 9 heteroatoms. The average molecular weight is 358 g/mol. The van der Waals surface area contributed by atoms with Crippen molar-refractivity contribution in [3.8, 4) is 5.95 Å². The molecule has 2 aromatic heterocycles. The van der Waals surface area contributed by atoms with Gasteiger partial charge in [0.1, 0.15) is 11.0 Å². The van der Waals surface area contributed by atoms with E-state index in [0.717, 1.165) is 0 Å². The first-order valence-corrected chi connectivity index (χ1v) is 8.13. The van der Waals surface area contributed by atoms with Crippen molar-refractivity contribution in [2.45, 2.75) is 50.7 Å². The Morgan fingerprint density at radius 1 is 1.38 bits per heavy atom. The molecule has 1 unspecified atom stereocenters. The Bertz CT molecular complexity index is 712. The maximum absolute atomic E-state index is 13.2. The first-order valence-electron chi connectivity index (χ1n) is 7.75. The molecular weight excluding hydrogens is 340 g/mol. The van der Waals surface area contributed by atoms with E-state index in [0.29, 0.717) is 24.4 Å². The first-order chi connectivity index (χ1) is 11.3. The molecule has 1 fully saturated rings. The van der Waals surface area contributed by atoms with Crippen LogP contribution in [0.15, 0.2) is 18.3 Å². The van der Waals surface area contributed by atoms with Crippen molar-refractivity contribution in [2.24, 2.45) is 0 Å². The molecule has 0 bridgehead atoms. The van der Waals surface area contributed by atoms with E-state index in [1.54, 1.807) is 25.3 Å². The van der Waals surface area contributed by atoms with Gasteiger partial charge in [0.05, 0.1) is 11.8 Å². The summed E-state index contributed by atoms with van der Waals surface area (Å²) < 4.78 is 27.9. The maximum atomic E-state index is 13.2. The van der Waals surface area contributed by atoms with E-state index in [1.807, 2.05) is 0 Å². The molecule has 130 valence electrons. The third-order valence-electron chi connectivity index (χ3n) is 3.99. The van der Waals surface area contributed by atoms with E-state index in [2.05, 4.69) is 20.4 Å². The molecule has 2 heterocycles. The molecule has 3 rings (SSSR count). The fourth-order valence-electron chi connectivity index (χ4n) is 2.65. The molecule has 0 spiro atoms. The Morgan fingerprint density at radius 3 is 2.71 bits per heavy atom. The second-order valence-electron chi connectivity index (χ2n) is 6.01. The Hall–Kier alpha value is -1.80. The van der Waals surface area contributed by atoms with Gasteiger partial charge >= 0.3 is 0 Å². The van der Waals surface area contributed by atoms with Crippen molar-refractivity contribution in [3.05, 3.63) is 29.2 Å². The van der Waals surface area contributed by atoms with Gasteiger partial charge in [-0.15, -0.1) is 0 Å². The lowest BCUT2D eigenvalue weighted by molar-refractivity contribution is -0.0361. The summed E-state index contributed by atoms with van der Waals surface area (Å²) in [5, 5.41) is 17.1. The van der Waals surface area contributed by atoms with Crippen molar-refractivity contribution < 1.29 is 13.9 Å². The Balaban J connectivity index is 1.76. The Kier molecular flexibility index (Phi) is 4.69. The van der Waals surface area contributed by atoms with Gasteiger partial charge in [0.15, 0.2) is 0 Å². The number of alkyl halides is 2. The van der Waals surface area contributed by atoms with Gasteiger partial charge in [0.2, 0.25) is 5.92 Å². The number of aromatic nitrogens is 4. The molecule has 1 saturated carbocycles. The number of rotatable bonds is 4. The summed E-state index contributed by atoms with van der Waals surface area (Å²) in [6, 6.07) is 3.14. The fraction of sp³-hybridized carbons (Fsp3) is 0.533. The van der Waals surface area contributed by atoms with E-state index < -0.39 is 12.0 Å². The van der Waals surface area contributed by atoms with Crippen LogP contribution >= 0.6 is 11.6 Å². The lowest BCUT2D eigenvalue weighted by atomic mass is 9.92. The van der Waals surface area contributed by atoms with Crippen LogP contribution in [0.1, 0.15) is 44.4 Å². The Morgan fingerprint density at radius 2 is 2.08 bits per heavy atom. The molecule has 6 nitrogen and oxygen atoms in total. The summed E-state index contributed by atoms with van der Waals surface area (Å²) in [7, 11) is 0. The standard InChI is InChI=1S/C15H18ClF2N5O/c1-9(24)11-4-7-23(22-11)14-20-12(16)8-13(21-14)19-10-2-5-15(17,18)6-3-10/h4,7-10,24H,2-3,5-6H2,1H3,(H,19,20,21). The van der Waals surface area contributed by atoms with Crippen LogP contribution in [0.4, 0.5) is 14.6 Å². The molecule has 0 aliphatic heterocycles. The highest BCUT2D eigenvalue weighted by Crippen LogP contribution is 2.34. The van der Waals surface area contributed by atoms with Crippen LogP contribution in [-0.2, 0) is 0 Å². The van der Waals surface area contributed by atoms with Crippen molar-refractivity contribution in [3.63, 3.8) is 0 Å². The van der Waals surface area contributed by atoms with Gasteiger partial charge in [-0.1, -0.05) is 11.6 Å². The zero-order valence-electron chi connectivity index (χ0n) is 13.1. The second kappa shape index (κ2) is 6.60. The number of hydrogen-bond acceptors (Lipinski definition) is 5. The van der Waals surface area contributed by atoms with Crippen LogP contribution in [0.2, 0.25) is 5.15 Å². The van der Waals surface area contributed by atoms with Gasteiger partial charge in [-0.3, -0.25) is 0 Å². The maximum Gasteiger partial charge on any atom is 0.253 e. The Labute approximate surface area is 142 Å². The zero-order valence-corrected chi connectivity index (χ0v) is 13.8. The van der Waals surface area contributed by atoms with E-state index in [4.69, 9.17) is 11.6 Å². The summed E-state index contributed by atoms with van der Waals surface area (Å²) in [4.78, 5) is 8.44. The summed E-state index contributed by atoms with van der Waals surface area (Å²) in [6.45, 7) is 1.61. The van der Waals surface area contributed by atoms with Gasteiger partial charge in [0.25, 0.3) is 5.95 Å². The van der Waals surface area contributed by atoms with E-state index in [-0.39, 0.29) is 30.0 Å². The van der Waals surface area contributed by atoms with E-state index in [9.17, 15) is 13.9 Å². The normalized spacial score (nSPS) is 19.2. The number of anilines is 1. The first kappa shape index (κ1) is 17.0. The van der Waals surface area contributed by atoms with Gasteiger partial charge in [-0.25, -0.2) is 13.5 Å². The van der Waals surface area contributed by atoms with Crippen molar-refractivity contribution >= 4 is 17.4 Å². The molecule has 0 radical (unpaired) electrons. The highest BCUT2D eigenvalue weighted by atomic mass is 35.5. The molecule has 24 heavy (non-hydrogen) atoms. The molecule has 2 N–H and O–H groups in total. The summed E-state index contributed by atoms with van der Waals surface area (Å²) >= 11 is 6.03. The largest absolute Gasteiger partial charge is 0.387 e. The topological polar surface area (TPSA) is 75.9 Å². The highest BCUT2D eigenvalue weighted by Gasteiger charge is 2.35. The number of nitrogens with zero attached hydrogens (tertiary/aromatic N) is 4.